The Bertz CT molecular complexity index is 431. The summed E-state index contributed by atoms with van der Waals surface area (Å²) in [7, 11) is -3.93. The van der Waals surface area contributed by atoms with Gasteiger partial charge in [0.15, 0.2) is 0 Å². The van der Waals surface area contributed by atoms with E-state index in [2.05, 4.69) is 5.32 Å². The summed E-state index contributed by atoms with van der Waals surface area (Å²) >= 11 is 0. The minimum atomic E-state index is -3.93. The van der Waals surface area contributed by atoms with Gasteiger partial charge in [0.05, 0.1) is 6.54 Å². The van der Waals surface area contributed by atoms with Crippen molar-refractivity contribution in [1.29, 1.82) is 0 Å². The number of carboxylic acids is 1. The third kappa shape index (κ3) is 2.79. The number of aliphatic carboxylic acids is 1. The van der Waals surface area contributed by atoms with Gasteiger partial charge in [-0.25, -0.2) is 0 Å². The Morgan fingerprint density at radius 1 is 1.50 bits per heavy atom. The highest BCUT2D eigenvalue weighted by molar-refractivity contribution is 7.86. The van der Waals surface area contributed by atoms with E-state index in [1.165, 1.54) is 0 Å². The summed E-state index contributed by atoms with van der Waals surface area (Å²) in [5.74, 6) is -1.77. The van der Waals surface area contributed by atoms with Crippen LogP contribution in [0.3, 0.4) is 0 Å². The van der Waals surface area contributed by atoms with Gasteiger partial charge in [-0.2, -0.15) is 17.0 Å². The standard InChI is InChI=1S/C9H17N3O5S/c1-3-11(4-2)18(16,17)12-6-8(13)10-5-7(12)9(14)15/h7H,3-6H2,1-2H3,(H,10,13)(H,14,15). The van der Waals surface area contributed by atoms with Crippen molar-refractivity contribution in [2.75, 3.05) is 26.2 Å². The van der Waals surface area contributed by atoms with E-state index in [1.54, 1.807) is 13.8 Å². The van der Waals surface area contributed by atoms with Crippen LogP contribution in [0.15, 0.2) is 0 Å². The molecule has 104 valence electrons. The second-order valence-corrected chi connectivity index (χ2v) is 5.68. The molecule has 0 aromatic heterocycles. The molecule has 0 radical (unpaired) electrons. The van der Waals surface area contributed by atoms with Gasteiger partial charge in [-0.3, -0.25) is 9.59 Å². The molecule has 0 spiro atoms. The summed E-state index contributed by atoms with van der Waals surface area (Å²) in [5.41, 5.74) is 0. The third-order valence-electron chi connectivity index (χ3n) is 2.75. The zero-order valence-corrected chi connectivity index (χ0v) is 11.1. The Balaban J connectivity index is 3.08. The van der Waals surface area contributed by atoms with E-state index in [1.807, 2.05) is 0 Å². The van der Waals surface area contributed by atoms with Gasteiger partial charge >= 0.3 is 5.97 Å². The lowest BCUT2D eigenvalue weighted by Gasteiger charge is -2.34. The monoisotopic (exact) mass is 279 g/mol. The molecule has 0 bridgehead atoms. The maximum atomic E-state index is 12.2. The molecule has 2 N–H and O–H groups in total. The molecule has 1 rings (SSSR count). The van der Waals surface area contributed by atoms with Gasteiger partial charge in [-0.05, 0) is 0 Å². The Kier molecular flexibility index (Phi) is 4.65. The number of nitrogens with one attached hydrogen (secondary N) is 1. The minimum Gasteiger partial charge on any atom is -0.480 e. The largest absolute Gasteiger partial charge is 0.480 e. The summed E-state index contributed by atoms with van der Waals surface area (Å²) in [6, 6.07) is -1.26. The van der Waals surface area contributed by atoms with Crippen LogP contribution in [-0.4, -0.2) is 66.2 Å². The SMILES string of the molecule is CCN(CC)S(=O)(=O)N1CC(=O)NCC1C(=O)O. The normalized spacial score (nSPS) is 21.9. The highest BCUT2D eigenvalue weighted by Gasteiger charge is 2.41. The van der Waals surface area contributed by atoms with Crippen molar-refractivity contribution in [1.82, 2.24) is 13.9 Å². The minimum absolute atomic E-state index is 0.214. The molecule has 1 aliphatic rings. The Hall–Kier alpha value is -1.19. The molecule has 0 aromatic rings. The van der Waals surface area contributed by atoms with Crippen molar-refractivity contribution < 1.29 is 23.1 Å². The van der Waals surface area contributed by atoms with Gasteiger partial charge in [0.25, 0.3) is 10.2 Å². The van der Waals surface area contributed by atoms with Gasteiger partial charge in [-0.1, -0.05) is 13.8 Å². The number of hydrogen-bond acceptors (Lipinski definition) is 4. The number of nitrogens with zero attached hydrogens (tertiary/aromatic N) is 2. The second kappa shape index (κ2) is 5.63. The smallest absolute Gasteiger partial charge is 0.323 e. The highest BCUT2D eigenvalue weighted by atomic mass is 32.2. The molecule has 0 aliphatic carbocycles. The fourth-order valence-electron chi connectivity index (χ4n) is 1.77. The van der Waals surface area contributed by atoms with Crippen LogP contribution in [0.4, 0.5) is 0 Å². The molecule has 1 heterocycles. The fraction of sp³-hybridized carbons (Fsp3) is 0.778. The summed E-state index contributed by atoms with van der Waals surface area (Å²) < 4.78 is 26.3. The van der Waals surface area contributed by atoms with Crippen LogP contribution in [0.25, 0.3) is 0 Å². The average Bonchev–Trinajstić information content (AvgIpc) is 2.29. The quantitative estimate of drug-likeness (QED) is 0.634. The fourth-order valence-corrected chi connectivity index (χ4v) is 3.49. The van der Waals surface area contributed by atoms with Crippen molar-refractivity contribution in [3.05, 3.63) is 0 Å². The molecule has 1 atom stereocenters. The maximum Gasteiger partial charge on any atom is 0.323 e. The number of amides is 1. The molecule has 1 unspecified atom stereocenters. The topological polar surface area (TPSA) is 107 Å². The molecule has 1 saturated heterocycles. The van der Waals surface area contributed by atoms with Crippen molar-refractivity contribution in [2.24, 2.45) is 0 Å². The highest BCUT2D eigenvalue weighted by Crippen LogP contribution is 2.14. The van der Waals surface area contributed by atoms with Gasteiger partial charge in [0.1, 0.15) is 6.04 Å². The van der Waals surface area contributed by atoms with Crippen LogP contribution in [0.5, 0.6) is 0 Å². The van der Waals surface area contributed by atoms with Crippen molar-refractivity contribution >= 4 is 22.1 Å². The van der Waals surface area contributed by atoms with Crippen LogP contribution >= 0.6 is 0 Å². The molecule has 8 nitrogen and oxygen atoms in total. The molecule has 9 heteroatoms. The predicted molar refractivity (Wildman–Crippen MR) is 63.0 cm³/mol. The Morgan fingerprint density at radius 2 is 2.06 bits per heavy atom. The molecule has 1 aliphatic heterocycles. The first-order valence-electron chi connectivity index (χ1n) is 5.61. The number of piperazine rings is 1. The molecule has 0 aromatic carbocycles. The van der Waals surface area contributed by atoms with E-state index >= 15 is 0 Å². The number of hydrogen-bond donors (Lipinski definition) is 2. The first kappa shape index (κ1) is 14.9. The number of rotatable bonds is 5. The maximum absolute atomic E-state index is 12.2. The van der Waals surface area contributed by atoms with Gasteiger partial charge in [0.2, 0.25) is 5.91 Å². The lowest BCUT2D eigenvalue weighted by Crippen LogP contribution is -2.61. The lowest BCUT2D eigenvalue weighted by atomic mass is 10.2. The van der Waals surface area contributed by atoms with Gasteiger partial charge in [-0.15, -0.1) is 0 Å². The predicted octanol–water partition coefficient (Wildman–Crippen LogP) is -1.54. The Morgan fingerprint density at radius 3 is 2.50 bits per heavy atom. The molecular weight excluding hydrogens is 262 g/mol. The average molecular weight is 279 g/mol. The van der Waals surface area contributed by atoms with Gasteiger partial charge < -0.3 is 10.4 Å². The number of carboxylic acid groups (broad SMARTS) is 1. The zero-order valence-electron chi connectivity index (χ0n) is 10.3. The molecule has 1 amide bonds. The molecule has 1 fully saturated rings. The van der Waals surface area contributed by atoms with Crippen LogP contribution in [0.2, 0.25) is 0 Å². The first-order valence-corrected chi connectivity index (χ1v) is 7.00. The van der Waals surface area contributed by atoms with E-state index in [0.29, 0.717) is 0 Å². The third-order valence-corrected chi connectivity index (χ3v) is 4.90. The zero-order chi connectivity index (χ0) is 13.9. The molecule has 0 saturated carbocycles. The van der Waals surface area contributed by atoms with Crippen molar-refractivity contribution in [2.45, 2.75) is 19.9 Å². The molecular formula is C9H17N3O5S. The summed E-state index contributed by atoms with van der Waals surface area (Å²) in [6.07, 6.45) is 0. The summed E-state index contributed by atoms with van der Waals surface area (Å²) in [5, 5.41) is 11.4. The second-order valence-electron chi connectivity index (χ2n) is 3.80. The molecule has 18 heavy (non-hydrogen) atoms. The van der Waals surface area contributed by atoms with Crippen molar-refractivity contribution in [3.63, 3.8) is 0 Å². The van der Waals surface area contributed by atoms with Crippen LogP contribution < -0.4 is 5.32 Å². The van der Waals surface area contributed by atoms with E-state index in [4.69, 9.17) is 5.11 Å². The number of carbonyl (C=O) groups excluding carboxylic acids is 1. The Labute approximate surface area is 106 Å². The number of carbonyl (C=O) groups is 2. The van der Waals surface area contributed by atoms with Crippen LogP contribution in [0.1, 0.15) is 13.8 Å². The summed E-state index contributed by atoms with van der Waals surface area (Å²) in [6.45, 7) is 3.08. The van der Waals surface area contributed by atoms with Gasteiger partial charge in [0, 0.05) is 19.6 Å². The first-order chi connectivity index (χ1) is 8.34. The van der Waals surface area contributed by atoms with E-state index in [0.717, 1.165) is 8.61 Å². The van der Waals surface area contributed by atoms with E-state index < -0.39 is 34.7 Å². The van der Waals surface area contributed by atoms with Crippen LogP contribution in [0, 0.1) is 0 Å². The van der Waals surface area contributed by atoms with E-state index in [9.17, 15) is 18.0 Å². The van der Waals surface area contributed by atoms with Crippen molar-refractivity contribution in [3.8, 4) is 0 Å². The van der Waals surface area contributed by atoms with E-state index in [-0.39, 0.29) is 19.6 Å². The summed E-state index contributed by atoms with van der Waals surface area (Å²) in [4.78, 5) is 22.3. The van der Waals surface area contributed by atoms with Crippen LogP contribution in [-0.2, 0) is 19.8 Å². The lowest BCUT2D eigenvalue weighted by molar-refractivity contribution is -0.143.